The lowest BCUT2D eigenvalue weighted by atomic mass is 10.1. The van der Waals surface area contributed by atoms with Crippen molar-refractivity contribution < 1.29 is 8.81 Å². The van der Waals surface area contributed by atoms with E-state index < -0.39 is 11.6 Å². The van der Waals surface area contributed by atoms with Crippen LogP contribution in [-0.4, -0.2) is 9.55 Å². The predicted molar refractivity (Wildman–Crippen MR) is 68.5 cm³/mol. The van der Waals surface area contributed by atoms with Gasteiger partial charge in [-0.1, -0.05) is 6.07 Å². The van der Waals surface area contributed by atoms with Crippen LogP contribution in [0.5, 0.6) is 0 Å². The van der Waals surface area contributed by atoms with Crippen molar-refractivity contribution in [1.82, 2.24) is 9.55 Å². The van der Waals surface area contributed by atoms with Crippen LogP contribution in [0.1, 0.15) is 11.1 Å². The average Bonchev–Trinajstić information content (AvgIpc) is 2.77. The number of hydrogen-bond acceptors (Lipinski definition) is 4. The van der Waals surface area contributed by atoms with Crippen LogP contribution in [0.15, 0.2) is 45.7 Å². The molecule has 0 fully saturated rings. The fourth-order valence-electron chi connectivity index (χ4n) is 1.96. The number of nitriles is 1. The Labute approximate surface area is 112 Å². The molecule has 0 amide bonds. The Morgan fingerprint density at radius 2 is 2.25 bits per heavy atom. The van der Waals surface area contributed by atoms with Crippen molar-refractivity contribution in [1.29, 1.82) is 5.26 Å². The summed E-state index contributed by atoms with van der Waals surface area (Å²) in [6, 6.07) is 9.24. The van der Waals surface area contributed by atoms with Gasteiger partial charge in [0.15, 0.2) is 11.2 Å². The average molecular weight is 269 g/mol. The summed E-state index contributed by atoms with van der Waals surface area (Å²) in [5.74, 6) is -1.14. The highest BCUT2D eigenvalue weighted by atomic mass is 19.1. The van der Waals surface area contributed by atoms with Crippen LogP contribution in [0, 0.1) is 17.1 Å². The van der Waals surface area contributed by atoms with E-state index in [4.69, 9.17) is 9.68 Å². The first-order valence-electron chi connectivity index (χ1n) is 5.82. The Hall–Kier alpha value is -2.94. The number of nitrogens with zero attached hydrogens (tertiary/aromatic N) is 3. The van der Waals surface area contributed by atoms with Crippen molar-refractivity contribution in [3.05, 3.63) is 64.0 Å². The van der Waals surface area contributed by atoms with Gasteiger partial charge in [0.1, 0.15) is 5.82 Å². The minimum absolute atomic E-state index is 0.000385. The molecule has 0 radical (unpaired) electrons. The van der Waals surface area contributed by atoms with Gasteiger partial charge in [0.05, 0.1) is 18.2 Å². The van der Waals surface area contributed by atoms with Gasteiger partial charge in [0.25, 0.3) is 0 Å². The van der Waals surface area contributed by atoms with Crippen LogP contribution in [-0.2, 0) is 6.54 Å². The van der Waals surface area contributed by atoms with E-state index in [-0.39, 0.29) is 12.1 Å². The van der Waals surface area contributed by atoms with Crippen molar-refractivity contribution in [2.45, 2.75) is 6.54 Å². The monoisotopic (exact) mass is 269 g/mol. The molecule has 0 N–H and O–H groups in total. The molecule has 0 bridgehead atoms. The van der Waals surface area contributed by atoms with Gasteiger partial charge in [-0.2, -0.15) is 5.26 Å². The third-order valence-electron chi connectivity index (χ3n) is 2.93. The molecule has 20 heavy (non-hydrogen) atoms. The molecule has 98 valence electrons. The third kappa shape index (κ3) is 1.95. The van der Waals surface area contributed by atoms with Crippen LogP contribution in [0.4, 0.5) is 4.39 Å². The van der Waals surface area contributed by atoms with Gasteiger partial charge in [0, 0.05) is 11.8 Å². The second-order valence-corrected chi connectivity index (χ2v) is 4.20. The van der Waals surface area contributed by atoms with Gasteiger partial charge in [-0.15, -0.1) is 0 Å². The highest BCUT2D eigenvalue weighted by molar-refractivity contribution is 5.67. The Morgan fingerprint density at radius 1 is 1.40 bits per heavy atom. The van der Waals surface area contributed by atoms with E-state index in [1.54, 1.807) is 12.1 Å². The molecule has 0 atom stereocenters. The molecule has 0 aliphatic heterocycles. The van der Waals surface area contributed by atoms with Gasteiger partial charge in [-0.25, -0.2) is 14.2 Å². The summed E-state index contributed by atoms with van der Waals surface area (Å²) in [5, 5.41) is 8.70. The molecule has 1 aromatic carbocycles. The molecule has 2 heterocycles. The van der Waals surface area contributed by atoms with Gasteiger partial charge in [-0.3, -0.25) is 4.57 Å². The molecule has 0 saturated carbocycles. The largest absolute Gasteiger partial charge is 0.421 e. The number of halogens is 1. The number of rotatable bonds is 2. The van der Waals surface area contributed by atoms with Crippen molar-refractivity contribution in [3.8, 4) is 6.07 Å². The SMILES string of the molecule is N#Cc1ccc(Cn2c(=O)oc3cccnc32)c(F)c1. The van der Waals surface area contributed by atoms with Gasteiger partial charge < -0.3 is 4.42 Å². The van der Waals surface area contributed by atoms with E-state index >= 15 is 0 Å². The Morgan fingerprint density at radius 3 is 3.00 bits per heavy atom. The highest BCUT2D eigenvalue weighted by Crippen LogP contribution is 2.14. The lowest BCUT2D eigenvalue weighted by Crippen LogP contribution is -2.16. The van der Waals surface area contributed by atoms with Gasteiger partial charge in [0.2, 0.25) is 0 Å². The van der Waals surface area contributed by atoms with E-state index in [9.17, 15) is 9.18 Å². The fraction of sp³-hybridized carbons (Fsp3) is 0.0714. The van der Waals surface area contributed by atoms with Crippen LogP contribution >= 0.6 is 0 Å². The zero-order valence-electron chi connectivity index (χ0n) is 10.2. The molecular formula is C14H8FN3O2. The van der Waals surface area contributed by atoms with Crippen molar-refractivity contribution in [3.63, 3.8) is 0 Å². The maximum absolute atomic E-state index is 13.8. The molecule has 2 aromatic heterocycles. The van der Waals surface area contributed by atoms with E-state index in [0.29, 0.717) is 16.8 Å². The van der Waals surface area contributed by atoms with Crippen LogP contribution in [0.25, 0.3) is 11.2 Å². The van der Waals surface area contributed by atoms with Crippen LogP contribution < -0.4 is 5.76 Å². The Bertz CT molecular complexity index is 889. The quantitative estimate of drug-likeness (QED) is 0.713. The summed E-state index contributed by atoms with van der Waals surface area (Å²) < 4.78 is 20.1. The number of pyridine rings is 1. The topological polar surface area (TPSA) is 71.8 Å². The molecule has 3 aromatic rings. The molecular weight excluding hydrogens is 261 g/mol. The maximum atomic E-state index is 13.8. The molecule has 3 rings (SSSR count). The second kappa shape index (κ2) is 4.63. The minimum atomic E-state index is -0.595. The maximum Gasteiger partial charge on any atom is 0.421 e. The van der Waals surface area contributed by atoms with Crippen LogP contribution in [0.2, 0.25) is 0 Å². The van der Waals surface area contributed by atoms with Gasteiger partial charge >= 0.3 is 5.76 Å². The fourth-order valence-corrected chi connectivity index (χ4v) is 1.96. The van der Waals surface area contributed by atoms with Crippen molar-refractivity contribution in [2.24, 2.45) is 0 Å². The van der Waals surface area contributed by atoms with Crippen molar-refractivity contribution in [2.75, 3.05) is 0 Å². The Kier molecular flexibility index (Phi) is 2.80. The standard InChI is InChI=1S/C14H8FN3O2/c15-11-6-9(7-16)3-4-10(11)8-18-13-12(20-14(18)19)2-1-5-17-13/h1-6H,8H2. The first-order chi connectivity index (χ1) is 9.69. The molecule has 0 unspecified atom stereocenters. The number of oxazole rings is 1. The van der Waals surface area contributed by atoms with E-state index in [1.165, 1.54) is 22.9 Å². The smallest absolute Gasteiger partial charge is 0.406 e. The number of aromatic nitrogens is 2. The van der Waals surface area contributed by atoms with E-state index in [0.717, 1.165) is 6.07 Å². The second-order valence-electron chi connectivity index (χ2n) is 4.20. The normalized spacial score (nSPS) is 10.6. The predicted octanol–water partition coefficient (Wildman–Crippen LogP) is 2.05. The van der Waals surface area contributed by atoms with Gasteiger partial charge in [-0.05, 0) is 24.3 Å². The summed E-state index contributed by atoms with van der Waals surface area (Å²) in [4.78, 5) is 15.8. The summed E-state index contributed by atoms with van der Waals surface area (Å²) in [7, 11) is 0. The zero-order valence-corrected chi connectivity index (χ0v) is 10.2. The molecule has 0 aliphatic carbocycles. The van der Waals surface area contributed by atoms with Crippen molar-refractivity contribution >= 4 is 11.2 Å². The number of benzene rings is 1. The molecule has 0 spiro atoms. The third-order valence-corrected chi connectivity index (χ3v) is 2.93. The molecule has 0 aliphatic rings. The number of fused-ring (bicyclic) bond motifs is 1. The lowest BCUT2D eigenvalue weighted by Gasteiger charge is -2.03. The summed E-state index contributed by atoms with van der Waals surface area (Å²) >= 11 is 0. The minimum Gasteiger partial charge on any atom is -0.406 e. The lowest BCUT2D eigenvalue weighted by molar-refractivity contribution is 0.512. The first-order valence-corrected chi connectivity index (χ1v) is 5.82. The zero-order chi connectivity index (χ0) is 14.1. The Balaban J connectivity index is 2.08. The summed E-state index contributed by atoms with van der Waals surface area (Å²) in [6.07, 6.45) is 1.53. The highest BCUT2D eigenvalue weighted by Gasteiger charge is 2.12. The molecule has 0 saturated heterocycles. The van der Waals surface area contributed by atoms with Crippen LogP contribution in [0.3, 0.4) is 0 Å². The molecule has 5 nitrogen and oxygen atoms in total. The summed E-state index contributed by atoms with van der Waals surface area (Å²) in [6.45, 7) is 0.000385. The summed E-state index contributed by atoms with van der Waals surface area (Å²) in [5.41, 5.74) is 1.24. The van der Waals surface area contributed by atoms with E-state index in [1.807, 2.05) is 6.07 Å². The van der Waals surface area contributed by atoms with E-state index in [2.05, 4.69) is 4.98 Å². The first kappa shape index (κ1) is 12.1. The molecule has 6 heteroatoms. The number of hydrogen-bond donors (Lipinski definition) is 0.